The van der Waals surface area contributed by atoms with Gasteiger partial charge in [-0.3, -0.25) is 9.48 Å². The standard InChI is InChI=1S/C20H25N3O3/c1-5-26-20(25)18-16-12-15(10-11-17(16)23(4)21-18)13-6-8-14(9-7-13)19(24)22(2)3/h6-9,15H,5,10-12H2,1-4H3/t15-/m1/s1. The van der Waals surface area contributed by atoms with E-state index < -0.39 is 0 Å². The zero-order valence-corrected chi connectivity index (χ0v) is 15.8. The maximum Gasteiger partial charge on any atom is 0.359 e. The topological polar surface area (TPSA) is 64.4 Å². The van der Waals surface area contributed by atoms with Crippen molar-refractivity contribution in [3.05, 3.63) is 52.3 Å². The van der Waals surface area contributed by atoms with E-state index >= 15 is 0 Å². The van der Waals surface area contributed by atoms with Crippen molar-refractivity contribution in [2.75, 3.05) is 20.7 Å². The summed E-state index contributed by atoms with van der Waals surface area (Å²) in [6.07, 6.45) is 2.63. The van der Waals surface area contributed by atoms with Gasteiger partial charge in [0, 0.05) is 38.0 Å². The molecule has 138 valence electrons. The molecule has 1 aromatic heterocycles. The monoisotopic (exact) mass is 355 g/mol. The Kier molecular flexibility index (Phi) is 5.11. The van der Waals surface area contributed by atoms with E-state index in [0.29, 0.717) is 23.8 Å². The Labute approximate surface area is 153 Å². The van der Waals surface area contributed by atoms with Gasteiger partial charge in [0.15, 0.2) is 5.69 Å². The van der Waals surface area contributed by atoms with Crippen molar-refractivity contribution in [3.8, 4) is 0 Å². The van der Waals surface area contributed by atoms with Crippen LogP contribution in [0.3, 0.4) is 0 Å². The molecule has 1 aliphatic rings. The molecule has 6 heteroatoms. The molecule has 0 aliphatic heterocycles. The molecule has 0 unspecified atom stereocenters. The SMILES string of the molecule is CCOC(=O)c1nn(C)c2c1C[C@H](c1ccc(C(=O)N(C)C)cc1)CC2. The van der Waals surface area contributed by atoms with Gasteiger partial charge in [0.1, 0.15) is 0 Å². The molecule has 1 heterocycles. The number of rotatable bonds is 4. The summed E-state index contributed by atoms with van der Waals surface area (Å²) in [5, 5.41) is 4.39. The molecule has 0 saturated heterocycles. The molecule has 6 nitrogen and oxygen atoms in total. The van der Waals surface area contributed by atoms with Crippen LogP contribution in [0.1, 0.15) is 56.9 Å². The van der Waals surface area contributed by atoms with Crippen LogP contribution in [-0.2, 0) is 24.6 Å². The van der Waals surface area contributed by atoms with Gasteiger partial charge >= 0.3 is 5.97 Å². The molecular formula is C20H25N3O3. The second-order valence-electron chi connectivity index (χ2n) is 6.88. The van der Waals surface area contributed by atoms with Crippen LogP contribution in [0.25, 0.3) is 0 Å². The van der Waals surface area contributed by atoms with E-state index in [1.165, 1.54) is 5.56 Å². The van der Waals surface area contributed by atoms with Crippen molar-refractivity contribution in [1.29, 1.82) is 0 Å². The first kappa shape index (κ1) is 18.2. The Morgan fingerprint density at radius 1 is 1.27 bits per heavy atom. The van der Waals surface area contributed by atoms with E-state index in [2.05, 4.69) is 5.10 Å². The number of ether oxygens (including phenoxy) is 1. The summed E-state index contributed by atoms with van der Waals surface area (Å²) in [7, 11) is 5.37. The van der Waals surface area contributed by atoms with E-state index in [9.17, 15) is 9.59 Å². The van der Waals surface area contributed by atoms with E-state index in [1.807, 2.05) is 31.3 Å². The molecule has 0 fully saturated rings. The number of aromatic nitrogens is 2. The Morgan fingerprint density at radius 2 is 1.96 bits per heavy atom. The third kappa shape index (κ3) is 3.36. The first-order valence-corrected chi connectivity index (χ1v) is 8.95. The zero-order valence-electron chi connectivity index (χ0n) is 15.8. The molecule has 0 bridgehead atoms. The number of aryl methyl sites for hydroxylation is 1. The number of amides is 1. The smallest absolute Gasteiger partial charge is 0.359 e. The van der Waals surface area contributed by atoms with Crippen LogP contribution in [0.2, 0.25) is 0 Å². The Morgan fingerprint density at radius 3 is 2.58 bits per heavy atom. The normalized spacial score (nSPS) is 16.1. The van der Waals surface area contributed by atoms with Gasteiger partial charge in [-0.15, -0.1) is 0 Å². The average Bonchev–Trinajstić information content (AvgIpc) is 2.97. The molecule has 3 rings (SSSR count). The minimum absolute atomic E-state index is 0.000614. The van der Waals surface area contributed by atoms with E-state index in [0.717, 1.165) is 30.5 Å². The fraction of sp³-hybridized carbons (Fsp3) is 0.450. The summed E-state index contributed by atoms with van der Waals surface area (Å²) < 4.78 is 6.96. The molecule has 1 atom stereocenters. The van der Waals surface area contributed by atoms with E-state index in [4.69, 9.17) is 4.74 Å². The summed E-state index contributed by atoms with van der Waals surface area (Å²) >= 11 is 0. The highest BCUT2D eigenvalue weighted by Crippen LogP contribution is 2.34. The van der Waals surface area contributed by atoms with Crippen LogP contribution in [0.5, 0.6) is 0 Å². The second kappa shape index (κ2) is 7.32. The number of carbonyl (C=O) groups excluding carboxylic acids is 2. The van der Waals surface area contributed by atoms with Crippen molar-refractivity contribution in [3.63, 3.8) is 0 Å². The number of nitrogens with zero attached hydrogens (tertiary/aromatic N) is 3. The molecular weight excluding hydrogens is 330 g/mol. The van der Waals surface area contributed by atoms with Gasteiger partial charge in [-0.1, -0.05) is 12.1 Å². The number of hydrogen-bond acceptors (Lipinski definition) is 4. The van der Waals surface area contributed by atoms with Crippen LogP contribution in [0, 0.1) is 0 Å². The maximum atomic E-state index is 12.2. The van der Waals surface area contributed by atoms with Gasteiger partial charge in [-0.25, -0.2) is 4.79 Å². The van der Waals surface area contributed by atoms with Crippen molar-refractivity contribution in [2.45, 2.75) is 32.1 Å². The van der Waals surface area contributed by atoms with Crippen LogP contribution >= 0.6 is 0 Å². The molecule has 0 N–H and O–H groups in total. The van der Waals surface area contributed by atoms with Gasteiger partial charge in [0.2, 0.25) is 0 Å². The molecule has 1 amide bonds. The molecule has 2 aromatic rings. The summed E-state index contributed by atoms with van der Waals surface area (Å²) in [5.41, 5.74) is 4.42. The fourth-order valence-corrected chi connectivity index (χ4v) is 3.59. The van der Waals surface area contributed by atoms with Crippen molar-refractivity contribution < 1.29 is 14.3 Å². The Balaban J connectivity index is 1.84. The lowest BCUT2D eigenvalue weighted by atomic mass is 9.81. The highest BCUT2D eigenvalue weighted by molar-refractivity contribution is 5.93. The summed E-state index contributed by atoms with van der Waals surface area (Å²) in [6.45, 7) is 2.14. The van der Waals surface area contributed by atoms with Gasteiger partial charge in [-0.2, -0.15) is 5.10 Å². The summed E-state index contributed by atoms with van der Waals surface area (Å²) in [4.78, 5) is 25.8. The first-order valence-electron chi connectivity index (χ1n) is 8.95. The van der Waals surface area contributed by atoms with Crippen LogP contribution in [-0.4, -0.2) is 47.3 Å². The second-order valence-corrected chi connectivity index (χ2v) is 6.88. The third-order valence-electron chi connectivity index (χ3n) is 4.96. The highest BCUT2D eigenvalue weighted by atomic mass is 16.5. The molecule has 0 radical (unpaired) electrons. The van der Waals surface area contributed by atoms with Gasteiger partial charge in [-0.05, 0) is 49.8 Å². The fourth-order valence-electron chi connectivity index (χ4n) is 3.59. The third-order valence-corrected chi connectivity index (χ3v) is 4.96. The summed E-state index contributed by atoms with van der Waals surface area (Å²) in [6, 6.07) is 7.80. The van der Waals surface area contributed by atoms with Gasteiger partial charge in [0.25, 0.3) is 5.91 Å². The van der Waals surface area contributed by atoms with Crippen molar-refractivity contribution >= 4 is 11.9 Å². The minimum Gasteiger partial charge on any atom is -0.461 e. The highest BCUT2D eigenvalue weighted by Gasteiger charge is 2.29. The largest absolute Gasteiger partial charge is 0.461 e. The predicted octanol–water partition coefficient (Wildman–Crippen LogP) is 2.57. The van der Waals surface area contributed by atoms with Crippen LogP contribution in [0.4, 0.5) is 0 Å². The molecule has 1 aliphatic carbocycles. The number of benzene rings is 1. The lowest BCUT2D eigenvalue weighted by molar-refractivity contribution is 0.0517. The molecule has 0 spiro atoms. The van der Waals surface area contributed by atoms with Crippen molar-refractivity contribution in [1.82, 2.24) is 14.7 Å². The molecule has 26 heavy (non-hydrogen) atoms. The minimum atomic E-state index is -0.350. The molecule has 1 aromatic carbocycles. The van der Waals surface area contributed by atoms with E-state index in [1.54, 1.807) is 30.6 Å². The lowest BCUT2D eigenvalue weighted by Crippen LogP contribution is -2.21. The zero-order chi connectivity index (χ0) is 18.8. The maximum absolute atomic E-state index is 12.2. The molecule has 0 saturated carbocycles. The number of carbonyl (C=O) groups is 2. The van der Waals surface area contributed by atoms with E-state index in [-0.39, 0.29) is 11.9 Å². The first-order chi connectivity index (χ1) is 12.4. The van der Waals surface area contributed by atoms with Crippen LogP contribution in [0.15, 0.2) is 24.3 Å². The van der Waals surface area contributed by atoms with Crippen molar-refractivity contribution in [2.24, 2.45) is 7.05 Å². The Hall–Kier alpha value is -2.63. The quantitative estimate of drug-likeness (QED) is 0.791. The number of esters is 1. The number of fused-ring (bicyclic) bond motifs is 1. The summed E-state index contributed by atoms with van der Waals surface area (Å²) in [5.74, 6) is -0.0420. The number of hydrogen-bond donors (Lipinski definition) is 0. The lowest BCUT2D eigenvalue weighted by Gasteiger charge is -2.23. The predicted molar refractivity (Wildman–Crippen MR) is 98.4 cm³/mol. The Bertz CT molecular complexity index is 822. The van der Waals surface area contributed by atoms with Crippen LogP contribution < -0.4 is 0 Å². The average molecular weight is 355 g/mol. The van der Waals surface area contributed by atoms with Gasteiger partial charge < -0.3 is 9.64 Å². The van der Waals surface area contributed by atoms with Gasteiger partial charge in [0.05, 0.1) is 6.61 Å².